The fourth-order valence-corrected chi connectivity index (χ4v) is 3.71. The highest BCUT2D eigenvalue weighted by Gasteiger charge is 2.28. The summed E-state index contributed by atoms with van der Waals surface area (Å²) in [5.41, 5.74) is 4.09. The lowest BCUT2D eigenvalue weighted by Crippen LogP contribution is -2.32. The standard InChI is InChI=1S/C23H30N4O3/c1-18-15-20(17-25-29-3)16-19(2)22(18)30-14-6-4-5-11-26-12-13-27(23(26)28)21-7-9-24-10-8-21/h7-10,15-17H,4-6,11-14H2,1-3H3. The number of pyridine rings is 1. The Morgan fingerprint density at radius 2 is 1.83 bits per heavy atom. The number of unbranched alkanes of at least 4 members (excludes halogenated alkanes) is 2. The molecular formula is C23H30N4O3. The van der Waals surface area contributed by atoms with E-state index in [0.29, 0.717) is 6.61 Å². The van der Waals surface area contributed by atoms with Gasteiger partial charge in [0, 0.05) is 37.7 Å². The first-order valence-electron chi connectivity index (χ1n) is 10.4. The summed E-state index contributed by atoms with van der Waals surface area (Å²) in [5, 5.41) is 3.81. The molecule has 7 heteroatoms. The zero-order valence-electron chi connectivity index (χ0n) is 18.0. The van der Waals surface area contributed by atoms with E-state index in [1.54, 1.807) is 18.6 Å². The van der Waals surface area contributed by atoms with Crippen molar-refractivity contribution >= 4 is 17.9 Å². The molecule has 1 aromatic heterocycles. The van der Waals surface area contributed by atoms with E-state index < -0.39 is 0 Å². The van der Waals surface area contributed by atoms with Crippen LogP contribution in [0.3, 0.4) is 0 Å². The first kappa shape index (κ1) is 21.6. The van der Waals surface area contributed by atoms with Crippen LogP contribution in [0.15, 0.2) is 41.8 Å². The van der Waals surface area contributed by atoms with Crippen molar-refractivity contribution in [3.05, 3.63) is 53.3 Å². The van der Waals surface area contributed by atoms with Gasteiger partial charge in [0.15, 0.2) is 0 Å². The van der Waals surface area contributed by atoms with Crippen molar-refractivity contribution in [3.63, 3.8) is 0 Å². The van der Waals surface area contributed by atoms with E-state index in [-0.39, 0.29) is 6.03 Å². The molecule has 1 aliphatic rings. The highest BCUT2D eigenvalue weighted by atomic mass is 16.6. The molecule has 0 spiro atoms. The van der Waals surface area contributed by atoms with E-state index in [1.165, 1.54) is 7.11 Å². The van der Waals surface area contributed by atoms with Gasteiger partial charge in [-0.05, 0) is 74.1 Å². The molecule has 0 radical (unpaired) electrons. The summed E-state index contributed by atoms with van der Waals surface area (Å²) in [6.45, 7) is 7.04. The summed E-state index contributed by atoms with van der Waals surface area (Å²) in [4.78, 5) is 25.1. The summed E-state index contributed by atoms with van der Waals surface area (Å²) in [6.07, 6.45) is 8.09. The minimum Gasteiger partial charge on any atom is -0.493 e. The molecule has 0 unspecified atom stereocenters. The maximum Gasteiger partial charge on any atom is 0.324 e. The van der Waals surface area contributed by atoms with E-state index in [9.17, 15) is 4.79 Å². The third-order valence-electron chi connectivity index (χ3n) is 5.18. The van der Waals surface area contributed by atoms with Gasteiger partial charge >= 0.3 is 6.03 Å². The fraction of sp³-hybridized carbons (Fsp3) is 0.435. The number of carbonyl (C=O) groups excluding carboxylic acids is 1. The second-order valence-electron chi connectivity index (χ2n) is 7.44. The van der Waals surface area contributed by atoms with Crippen molar-refractivity contribution < 1.29 is 14.4 Å². The Hall–Kier alpha value is -3.09. The molecule has 1 saturated heterocycles. The summed E-state index contributed by atoms with van der Waals surface area (Å²) < 4.78 is 6.02. The minimum absolute atomic E-state index is 0.0841. The van der Waals surface area contributed by atoms with Gasteiger partial charge in [-0.3, -0.25) is 9.88 Å². The maximum atomic E-state index is 12.6. The number of amides is 2. The number of nitrogens with zero attached hydrogens (tertiary/aromatic N) is 4. The van der Waals surface area contributed by atoms with Crippen molar-refractivity contribution in [2.45, 2.75) is 33.1 Å². The zero-order chi connectivity index (χ0) is 21.3. The molecule has 7 nitrogen and oxygen atoms in total. The third kappa shape index (κ3) is 5.49. The lowest BCUT2D eigenvalue weighted by Gasteiger charge is -2.18. The van der Waals surface area contributed by atoms with E-state index in [1.807, 2.05) is 47.9 Å². The number of carbonyl (C=O) groups is 1. The zero-order valence-corrected chi connectivity index (χ0v) is 18.0. The van der Waals surface area contributed by atoms with Crippen LogP contribution in [0.2, 0.25) is 0 Å². The number of urea groups is 1. The Bertz CT molecular complexity index is 847. The normalized spacial score (nSPS) is 14.0. The van der Waals surface area contributed by atoms with Crippen LogP contribution >= 0.6 is 0 Å². The fourth-order valence-electron chi connectivity index (χ4n) is 3.71. The van der Waals surface area contributed by atoms with Gasteiger partial charge in [-0.1, -0.05) is 5.16 Å². The average Bonchev–Trinajstić information content (AvgIpc) is 3.11. The molecular weight excluding hydrogens is 380 g/mol. The summed E-state index contributed by atoms with van der Waals surface area (Å²) in [5.74, 6) is 0.937. The number of oxime groups is 1. The van der Waals surface area contributed by atoms with E-state index in [4.69, 9.17) is 9.57 Å². The maximum absolute atomic E-state index is 12.6. The molecule has 0 N–H and O–H groups in total. The van der Waals surface area contributed by atoms with Gasteiger partial charge in [0.2, 0.25) is 0 Å². The number of aromatic nitrogens is 1. The van der Waals surface area contributed by atoms with Crippen LogP contribution in [0.1, 0.15) is 36.0 Å². The molecule has 3 rings (SSSR count). The highest BCUT2D eigenvalue weighted by Crippen LogP contribution is 2.25. The molecule has 0 atom stereocenters. The summed E-state index contributed by atoms with van der Waals surface area (Å²) >= 11 is 0. The molecule has 160 valence electrons. The topological polar surface area (TPSA) is 67.3 Å². The van der Waals surface area contributed by atoms with Gasteiger partial charge in [-0.25, -0.2) is 4.79 Å². The van der Waals surface area contributed by atoms with E-state index in [2.05, 4.69) is 10.1 Å². The van der Waals surface area contributed by atoms with Crippen molar-refractivity contribution in [3.8, 4) is 5.75 Å². The quantitative estimate of drug-likeness (QED) is 0.335. The molecule has 30 heavy (non-hydrogen) atoms. The number of benzene rings is 1. The molecule has 0 aliphatic carbocycles. The van der Waals surface area contributed by atoms with Gasteiger partial charge < -0.3 is 14.5 Å². The molecule has 0 saturated carbocycles. The molecule has 2 amide bonds. The second-order valence-corrected chi connectivity index (χ2v) is 7.44. The van der Waals surface area contributed by atoms with Crippen molar-refractivity contribution in [1.29, 1.82) is 0 Å². The van der Waals surface area contributed by atoms with Crippen LogP contribution in [0.4, 0.5) is 10.5 Å². The third-order valence-corrected chi connectivity index (χ3v) is 5.18. The van der Waals surface area contributed by atoms with Gasteiger partial charge in [0.1, 0.15) is 12.9 Å². The van der Waals surface area contributed by atoms with Crippen LogP contribution in [-0.2, 0) is 4.84 Å². The van der Waals surface area contributed by atoms with E-state index in [0.717, 1.165) is 67.0 Å². The van der Waals surface area contributed by atoms with Crippen LogP contribution in [0.5, 0.6) is 5.75 Å². The SMILES string of the molecule is CON=Cc1cc(C)c(OCCCCCN2CCN(c3ccncc3)C2=O)c(C)c1. The molecule has 1 aliphatic heterocycles. The largest absolute Gasteiger partial charge is 0.493 e. The lowest BCUT2D eigenvalue weighted by atomic mass is 10.1. The van der Waals surface area contributed by atoms with Crippen molar-refractivity contribution in [2.75, 3.05) is 38.3 Å². The highest BCUT2D eigenvalue weighted by molar-refractivity contribution is 5.94. The average molecular weight is 411 g/mol. The number of rotatable bonds is 10. The Morgan fingerprint density at radius 3 is 2.53 bits per heavy atom. The minimum atomic E-state index is 0.0841. The van der Waals surface area contributed by atoms with Gasteiger partial charge in [0.05, 0.1) is 12.8 Å². The molecule has 0 bridgehead atoms. The number of anilines is 1. The van der Waals surface area contributed by atoms with Crippen molar-refractivity contribution in [1.82, 2.24) is 9.88 Å². The van der Waals surface area contributed by atoms with Crippen LogP contribution < -0.4 is 9.64 Å². The second kappa shape index (κ2) is 10.6. The van der Waals surface area contributed by atoms with Gasteiger partial charge in [-0.15, -0.1) is 0 Å². The molecule has 2 aromatic rings. The summed E-state index contributed by atoms with van der Waals surface area (Å²) in [7, 11) is 1.53. The number of hydrogen-bond acceptors (Lipinski definition) is 5. The first-order valence-corrected chi connectivity index (χ1v) is 10.4. The first-order chi connectivity index (χ1) is 14.6. The predicted molar refractivity (Wildman–Crippen MR) is 118 cm³/mol. The lowest BCUT2D eigenvalue weighted by molar-refractivity contribution is 0.215. The Balaban J connectivity index is 1.38. The molecule has 1 fully saturated rings. The van der Waals surface area contributed by atoms with Gasteiger partial charge in [-0.2, -0.15) is 0 Å². The van der Waals surface area contributed by atoms with Crippen molar-refractivity contribution in [2.24, 2.45) is 5.16 Å². The predicted octanol–water partition coefficient (Wildman–Crippen LogP) is 4.17. The Kier molecular flexibility index (Phi) is 7.65. The van der Waals surface area contributed by atoms with Crippen LogP contribution in [0, 0.1) is 13.8 Å². The number of ether oxygens (including phenoxy) is 1. The Labute approximate surface area is 178 Å². The van der Waals surface area contributed by atoms with Crippen LogP contribution in [0.25, 0.3) is 0 Å². The summed E-state index contributed by atoms with van der Waals surface area (Å²) in [6, 6.07) is 7.91. The van der Waals surface area contributed by atoms with Gasteiger partial charge in [0.25, 0.3) is 0 Å². The number of aryl methyl sites for hydroxylation is 2. The molecule has 1 aromatic carbocycles. The smallest absolute Gasteiger partial charge is 0.324 e. The molecule has 2 heterocycles. The monoisotopic (exact) mass is 410 g/mol. The van der Waals surface area contributed by atoms with E-state index >= 15 is 0 Å². The van der Waals surface area contributed by atoms with Crippen LogP contribution in [-0.4, -0.2) is 55.5 Å². The number of hydrogen-bond donors (Lipinski definition) is 0. The Morgan fingerprint density at radius 1 is 1.10 bits per heavy atom.